The average molecular weight is 647 g/mol. The summed E-state index contributed by atoms with van der Waals surface area (Å²) in [5.74, 6) is -5.20. The highest BCUT2D eigenvalue weighted by Crippen LogP contribution is 2.38. The SMILES string of the molecule is Cn1c(Nc2c(F)ccc(CNC(=O)C(C)(C)C)c2F)nc2cc(C(=O)NC3CCC(C(F)(F)F)CC3)c(OCC(F)F)nc21. The van der Waals surface area contributed by atoms with Gasteiger partial charge >= 0.3 is 6.18 Å². The van der Waals surface area contributed by atoms with Crippen LogP contribution in [-0.4, -0.2) is 51.6 Å². The number of fused-ring (bicyclic) bond motifs is 1. The number of amides is 2. The lowest BCUT2D eigenvalue weighted by Crippen LogP contribution is -2.40. The van der Waals surface area contributed by atoms with Gasteiger partial charge in [0, 0.05) is 30.6 Å². The Morgan fingerprint density at radius 2 is 1.73 bits per heavy atom. The summed E-state index contributed by atoms with van der Waals surface area (Å²) in [6.07, 6.45) is -7.47. The van der Waals surface area contributed by atoms with E-state index < -0.39 is 65.7 Å². The van der Waals surface area contributed by atoms with Gasteiger partial charge < -0.3 is 20.7 Å². The quantitative estimate of drug-likeness (QED) is 0.241. The van der Waals surface area contributed by atoms with Crippen molar-refractivity contribution in [3.63, 3.8) is 0 Å². The number of imidazole rings is 1. The van der Waals surface area contributed by atoms with E-state index in [4.69, 9.17) is 4.74 Å². The van der Waals surface area contributed by atoms with Crippen molar-refractivity contribution < 1.29 is 45.1 Å². The molecule has 0 unspecified atom stereocenters. The molecule has 2 amide bonds. The first-order valence-electron chi connectivity index (χ1n) is 14.1. The van der Waals surface area contributed by atoms with E-state index in [1.807, 2.05) is 0 Å². The number of nitrogens with one attached hydrogen (secondary N) is 3. The highest BCUT2D eigenvalue weighted by Gasteiger charge is 2.41. The van der Waals surface area contributed by atoms with Crippen LogP contribution in [0, 0.1) is 23.0 Å². The van der Waals surface area contributed by atoms with Crippen LogP contribution in [0.1, 0.15) is 62.4 Å². The predicted octanol–water partition coefficient (Wildman–Crippen LogP) is 6.15. The van der Waals surface area contributed by atoms with Crippen LogP contribution in [0.2, 0.25) is 0 Å². The number of hydrogen-bond acceptors (Lipinski definition) is 6. The van der Waals surface area contributed by atoms with Gasteiger partial charge in [0.05, 0.1) is 5.92 Å². The standard InChI is InChI=1S/C29H33F7N6O3/c1-28(2,3)26(44)37-12-14-5-10-18(30)22(21(14)33)40-27-39-19-11-17(25(45-13-20(31)32)41-23(19)42(27)4)24(43)38-16-8-6-15(7-9-16)29(34,35)36/h5,10-11,15-16,20H,6-9,12-13H2,1-4H3,(H,37,44)(H,38,43)(H,39,40). The van der Waals surface area contributed by atoms with E-state index in [2.05, 4.69) is 25.9 Å². The summed E-state index contributed by atoms with van der Waals surface area (Å²) < 4.78 is 102. The van der Waals surface area contributed by atoms with E-state index in [0.29, 0.717) is 0 Å². The van der Waals surface area contributed by atoms with Crippen molar-refractivity contribution in [3.05, 3.63) is 41.0 Å². The number of carbonyl (C=O) groups is 2. The van der Waals surface area contributed by atoms with Gasteiger partial charge in [0.2, 0.25) is 17.7 Å². The molecule has 45 heavy (non-hydrogen) atoms. The van der Waals surface area contributed by atoms with Gasteiger partial charge in [0.1, 0.15) is 22.6 Å². The maximum Gasteiger partial charge on any atom is 0.391 e. The maximum atomic E-state index is 15.4. The first-order chi connectivity index (χ1) is 21.0. The number of carbonyl (C=O) groups excluding carboxylic acids is 2. The Hall–Kier alpha value is -4.11. The number of rotatable bonds is 9. The second-order valence-corrected chi connectivity index (χ2v) is 11.9. The Bertz CT molecular complexity index is 1560. The molecule has 2 heterocycles. The van der Waals surface area contributed by atoms with Crippen molar-refractivity contribution in [2.75, 3.05) is 11.9 Å². The number of pyridine rings is 1. The topological polar surface area (TPSA) is 110 Å². The summed E-state index contributed by atoms with van der Waals surface area (Å²) in [5, 5.41) is 7.76. The number of nitrogens with zero attached hydrogens (tertiary/aromatic N) is 3. The fraction of sp³-hybridized carbons (Fsp3) is 0.517. The maximum absolute atomic E-state index is 15.4. The summed E-state index contributed by atoms with van der Waals surface area (Å²) in [6, 6.07) is 2.78. The molecule has 1 fully saturated rings. The molecule has 0 aliphatic heterocycles. The zero-order valence-electron chi connectivity index (χ0n) is 24.9. The fourth-order valence-corrected chi connectivity index (χ4v) is 4.85. The van der Waals surface area contributed by atoms with Crippen LogP contribution in [0.4, 0.5) is 42.4 Å². The average Bonchev–Trinajstić information content (AvgIpc) is 3.26. The minimum absolute atomic E-state index is 0.0124. The molecular weight excluding hydrogens is 613 g/mol. The summed E-state index contributed by atoms with van der Waals surface area (Å²) in [4.78, 5) is 33.8. The molecule has 1 aromatic carbocycles. The lowest BCUT2D eigenvalue weighted by molar-refractivity contribution is -0.182. The Labute approximate surface area is 253 Å². The molecule has 1 aliphatic carbocycles. The largest absolute Gasteiger partial charge is 0.471 e. The van der Waals surface area contributed by atoms with Gasteiger partial charge in [-0.15, -0.1) is 0 Å². The molecule has 0 saturated heterocycles. The number of alkyl halides is 5. The Morgan fingerprint density at radius 3 is 2.33 bits per heavy atom. The first-order valence-corrected chi connectivity index (χ1v) is 14.1. The molecular formula is C29H33F7N6O3. The van der Waals surface area contributed by atoms with Gasteiger partial charge in [-0.05, 0) is 37.8 Å². The zero-order chi connectivity index (χ0) is 33.3. The van der Waals surface area contributed by atoms with Crippen molar-refractivity contribution in [1.82, 2.24) is 25.2 Å². The fourth-order valence-electron chi connectivity index (χ4n) is 4.85. The third-order valence-corrected chi connectivity index (χ3v) is 7.45. The van der Waals surface area contributed by atoms with Gasteiger partial charge in [0.15, 0.2) is 18.1 Å². The van der Waals surface area contributed by atoms with Crippen LogP contribution in [0.5, 0.6) is 5.88 Å². The van der Waals surface area contributed by atoms with Crippen LogP contribution in [0.3, 0.4) is 0 Å². The minimum atomic E-state index is -4.33. The molecule has 0 spiro atoms. The monoisotopic (exact) mass is 646 g/mol. The summed E-state index contributed by atoms with van der Waals surface area (Å²) in [7, 11) is 1.42. The smallest absolute Gasteiger partial charge is 0.391 e. The van der Waals surface area contributed by atoms with Crippen LogP contribution < -0.4 is 20.7 Å². The van der Waals surface area contributed by atoms with E-state index in [9.17, 15) is 35.9 Å². The second-order valence-electron chi connectivity index (χ2n) is 11.9. The van der Waals surface area contributed by atoms with E-state index in [0.717, 1.165) is 6.07 Å². The first kappa shape index (κ1) is 33.8. The van der Waals surface area contributed by atoms with Gasteiger partial charge in [0.25, 0.3) is 12.3 Å². The van der Waals surface area contributed by atoms with Gasteiger partial charge in [-0.1, -0.05) is 26.8 Å². The number of ether oxygens (including phenoxy) is 1. The van der Waals surface area contributed by atoms with Gasteiger partial charge in [-0.3, -0.25) is 14.2 Å². The minimum Gasteiger partial charge on any atom is -0.471 e. The van der Waals surface area contributed by atoms with E-state index >= 15 is 4.39 Å². The van der Waals surface area contributed by atoms with Crippen LogP contribution in [-0.2, 0) is 18.4 Å². The molecule has 2 aromatic heterocycles. The Balaban J connectivity index is 1.61. The van der Waals surface area contributed by atoms with Crippen molar-refractivity contribution >= 4 is 34.6 Å². The highest BCUT2D eigenvalue weighted by atomic mass is 19.4. The number of benzene rings is 1. The molecule has 3 aromatic rings. The van der Waals surface area contributed by atoms with Crippen LogP contribution in [0.25, 0.3) is 11.2 Å². The molecule has 0 atom stereocenters. The van der Waals surface area contributed by atoms with E-state index in [-0.39, 0.29) is 66.4 Å². The lowest BCUT2D eigenvalue weighted by Gasteiger charge is -2.30. The van der Waals surface area contributed by atoms with Crippen molar-refractivity contribution in [1.29, 1.82) is 0 Å². The van der Waals surface area contributed by atoms with Gasteiger partial charge in [-0.2, -0.15) is 18.2 Å². The molecule has 0 bridgehead atoms. The summed E-state index contributed by atoms with van der Waals surface area (Å²) in [6.45, 7) is 3.71. The number of anilines is 2. The Kier molecular flexibility index (Phi) is 9.82. The molecule has 0 radical (unpaired) electrons. The number of halogens is 7. The third-order valence-electron chi connectivity index (χ3n) is 7.45. The number of hydrogen-bond donors (Lipinski definition) is 3. The van der Waals surface area contributed by atoms with Crippen LogP contribution in [0.15, 0.2) is 18.2 Å². The molecule has 1 aliphatic rings. The Morgan fingerprint density at radius 1 is 1.07 bits per heavy atom. The normalized spacial score (nSPS) is 17.4. The third kappa shape index (κ3) is 7.95. The summed E-state index contributed by atoms with van der Waals surface area (Å²) >= 11 is 0. The van der Waals surface area contributed by atoms with Crippen molar-refractivity contribution in [2.45, 2.75) is 71.6 Å². The molecule has 9 nitrogen and oxygen atoms in total. The van der Waals surface area contributed by atoms with Crippen molar-refractivity contribution in [2.24, 2.45) is 18.4 Å². The second kappa shape index (κ2) is 13.1. The number of aromatic nitrogens is 3. The number of aryl methyl sites for hydroxylation is 1. The zero-order valence-corrected chi connectivity index (χ0v) is 24.9. The van der Waals surface area contributed by atoms with E-state index in [1.165, 1.54) is 23.7 Å². The van der Waals surface area contributed by atoms with E-state index in [1.54, 1.807) is 20.8 Å². The molecule has 1 saturated carbocycles. The molecule has 246 valence electrons. The van der Waals surface area contributed by atoms with Crippen LogP contribution >= 0.6 is 0 Å². The highest BCUT2D eigenvalue weighted by molar-refractivity contribution is 5.99. The predicted molar refractivity (Wildman–Crippen MR) is 150 cm³/mol. The summed E-state index contributed by atoms with van der Waals surface area (Å²) in [5.41, 5.74) is -1.59. The molecule has 3 N–H and O–H groups in total. The van der Waals surface area contributed by atoms with Gasteiger partial charge in [-0.25, -0.2) is 22.5 Å². The molecule has 4 rings (SSSR count). The lowest BCUT2D eigenvalue weighted by atomic mass is 9.85. The molecule has 16 heteroatoms. The van der Waals surface area contributed by atoms with Crippen molar-refractivity contribution in [3.8, 4) is 5.88 Å².